The molecule has 0 atom stereocenters. The summed E-state index contributed by atoms with van der Waals surface area (Å²) in [6, 6.07) is 39.2. The number of hydrogen-bond donors (Lipinski definition) is 0. The first-order valence-corrected chi connectivity index (χ1v) is 8.14. The van der Waals surface area contributed by atoms with Crippen LogP contribution in [-0.2, 0) is 0 Å². The smallest absolute Gasteiger partial charge is 0.00990 e. The molecule has 0 spiro atoms. The molecular formula is C24H17. The van der Waals surface area contributed by atoms with E-state index in [0.717, 1.165) is 5.56 Å². The summed E-state index contributed by atoms with van der Waals surface area (Å²) in [7, 11) is 0. The lowest BCUT2D eigenvalue weighted by molar-refractivity contribution is 1.56. The lowest BCUT2D eigenvalue weighted by Gasteiger charge is -2.14. The summed E-state index contributed by atoms with van der Waals surface area (Å²) in [4.78, 5) is 0. The van der Waals surface area contributed by atoms with Gasteiger partial charge in [-0.25, -0.2) is 0 Å². The molecular weight excluding hydrogens is 288 g/mol. The van der Waals surface area contributed by atoms with Crippen LogP contribution in [0.15, 0.2) is 103 Å². The lowest BCUT2D eigenvalue weighted by atomic mass is 9.89. The average Bonchev–Trinajstić information content (AvgIpc) is 2.69. The predicted molar refractivity (Wildman–Crippen MR) is 102 cm³/mol. The lowest BCUT2D eigenvalue weighted by Crippen LogP contribution is -1.88. The van der Waals surface area contributed by atoms with Crippen molar-refractivity contribution in [1.82, 2.24) is 0 Å². The summed E-state index contributed by atoms with van der Waals surface area (Å²) in [5.74, 6) is 0. The van der Waals surface area contributed by atoms with Crippen LogP contribution < -0.4 is 0 Å². The number of hydrogen-bond acceptors (Lipinski definition) is 0. The van der Waals surface area contributed by atoms with Gasteiger partial charge in [0.05, 0.1) is 0 Å². The van der Waals surface area contributed by atoms with Gasteiger partial charge in [-0.3, -0.25) is 0 Å². The van der Waals surface area contributed by atoms with Crippen LogP contribution in [0.1, 0.15) is 0 Å². The molecule has 113 valence electrons. The SMILES string of the molecule is [c]1ccccc1-c1ccccc1-c1ccccc1-c1ccccc1. The quantitative estimate of drug-likeness (QED) is 0.406. The van der Waals surface area contributed by atoms with Crippen LogP contribution in [-0.4, -0.2) is 0 Å². The minimum absolute atomic E-state index is 1.12. The maximum atomic E-state index is 3.35. The van der Waals surface area contributed by atoms with Crippen molar-refractivity contribution in [2.75, 3.05) is 0 Å². The molecule has 0 nitrogen and oxygen atoms in total. The fraction of sp³-hybridized carbons (Fsp3) is 0. The van der Waals surface area contributed by atoms with Crippen molar-refractivity contribution in [2.45, 2.75) is 0 Å². The second-order valence-corrected chi connectivity index (χ2v) is 5.73. The van der Waals surface area contributed by atoms with Crippen molar-refractivity contribution < 1.29 is 0 Å². The van der Waals surface area contributed by atoms with E-state index in [1.165, 1.54) is 27.8 Å². The second-order valence-electron chi connectivity index (χ2n) is 5.73. The Morgan fingerprint density at radius 3 is 1.62 bits per heavy atom. The Morgan fingerprint density at radius 1 is 0.417 bits per heavy atom. The monoisotopic (exact) mass is 305 g/mol. The Labute approximate surface area is 143 Å². The van der Waals surface area contributed by atoms with E-state index in [-0.39, 0.29) is 0 Å². The van der Waals surface area contributed by atoms with Gasteiger partial charge in [0.1, 0.15) is 0 Å². The van der Waals surface area contributed by atoms with E-state index in [1.807, 2.05) is 12.1 Å². The third-order valence-electron chi connectivity index (χ3n) is 4.23. The maximum Gasteiger partial charge on any atom is -0.00990 e. The van der Waals surface area contributed by atoms with Crippen LogP contribution in [0.25, 0.3) is 33.4 Å². The van der Waals surface area contributed by atoms with Gasteiger partial charge >= 0.3 is 0 Å². The molecule has 0 fully saturated rings. The second kappa shape index (κ2) is 6.55. The molecule has 0 N–H and O–H groups in total. The van der Waals surface area contributed by atoms with E-state index >= 15 is 0 Å². The summed E-state index contributed by atoms with van der Waals surface area (Å²) in [5.41, 5.74) is 7.30. The summed E-state index contributed by atoms with van der Waals surface area (Å²) in [5, 5.41) is 0. The van der Waals surface area contributed by atoms with Crippen LogP contribution >= 0.6 is 0 Å². The van der Waals surface area contributed by atoms with Gasteiger partial charge in [0.25, 0.3) is 0 Å². The van der Waals surface area contributed by atoms with Crippen LogP contribution in [0.2, 0.25) is 0 Å². The molecule has 0 aliphatic rings. The topological polar surface area (TPSA) is 0 Å². The Balaban J connectivity index is 1.93. The van der Waals surface area contributed by atoms with Crippen LogP contribution in [0.3, 0.4) is 0 Å². The first kappa shape index (κ1) is 14.5. The van der Waals surface area contributed by atoms with Crippen LogP contribution in [0.5, 0.6) is 0 Å². The van der Waals surface area contributed by atoms with E-state index in [2.05, 4.69) is 97.1 Å². The zero-order valence-corrected chi connectivity index (χ0v) is 13.3. The minimum Gasteiger partial charge on any atom is -0.0622 e. The molecule has 4 aromatic rings. The number of rotatable bonds is 3. The molecule has 0 unspecified atom stereocenters. The molecule has 0 saturated heterocycles. The highest BCUT2D eigenvalue weighted by Crippen LogP contribution is 2.37. The Kier molecular flexibility index (Phi) is 3.95. The maximum absolute atomic E-state index is 3.35. The first-order valence-electron chi connectivity index (χ1n) is 8.14. The molecule has 0 amide bonds. The zero-order valence-electron chi connectivity index (χ0n) is 13.3. The summed E-state index contributed by atoms with van der Waals surface area (Å²) >= 11 is 0. The van der Waals surface area contributed by atoms with Gasteiger partial charge < -0.3 is 0 Å². The van der Waals surface area contributed by atoms with Crippen molar-refractivity contribution in [3.63, 3.8) is 0 Å². The van der Waals surface area contributed by atoms with Crippen molar-refractivity contribution >= 4 is 0 Å². The van der Waals surface area contributed by atoms with E-state index in [4.69, 9.17) is 0 Å². The average molecular weight is 305 g/mol. The van der Waals surface area contributed by atoms with E-state index in [9.17, 15) is 0 Å². The third-order valence-corrected chi connectivity index (χ3v) is 4.23. The van der Waals surface area contributed by atoms with E-state index < -0.39 is 0 Å². The molecule has 4 rings (SSSR count). The molecule has 0 bridgehead atoms. The molecule has 0 heterocycles. The van der Waals surface area contributed by atoms with Crippen molar-refractivity contribution in [3.8, 4) is 33.4 Å². The van der Waals surface area contributed by atoms with Gasteiger partial charge in [-0.15, -0.1) is 0 Å². The molecule has 4 aromatic carbocycles. The van der Waals surface area contributed by atoms with Crippen molar-refractivity contribution in [3.05, 3.63) is 109 Å². The highest BCUT2D eigenvalue weighted by atomic mass is 14.1. The Bertz CT molecular complexity index is 857. The van der Waals surface area contributed by atoms with Crippen molar-refractivity contribution in [2.24, 2.45) is 0 Å². The van der Waals surface area contributed by atoms with Gasteiger partial charge in [-0.2, -0.15) is 0 Å². The Morgan fingerprint density at radius 2 is 0.958 bits per heavy atom. The van der Waals surface area contributed by atoms with Gasteiger partial charge in [-0.05, 0) is 39.4 Å². The van der Waals surface area contributed by atoms with Crippen LogP contribution in [0, 0.1) is 6.07 Å². The largest absolute Gasteiger partial charge is 0.0622 e. The van der Waals surface area contributed by atoms with Crippen LogP contribution in [0.4, 0.5) is 0 Å². The van der Waals surface area contributed by atoms with Gasteiger partial charge in [0, 0.05) is 0 Å². The van der Waals surface area contributed by atoms with E-state index in [1.54, 1.807) is 0 Å². The summed E-state index contributed by atoms with van der Waals surface area (Å²) < 4.78 is 0. The summed E-state index contributed by atoms with van der Waals surface area (Å²) in [6.45, 7) is 0. The van der Waals surface area contributed by atoms with Gasteiger partial charge in [0.2, 0.25) is 0 Å². The fourth-order valence-corrected chi connectivity index (χ4v) is 3.10. The number of benzene rings is 4. The summed E-state index contributed by atoms with van der Waals surface area (Å²) in [6.07, 6.45) is 0. The molecule has 1 radical (unpaired) electrons. The zero-order chi connectivity index (χ0) is 16.2. The normalized spacial score (nSPS) is 10.5. The fourth-order valence-electron chi connectivity index (χ4n) is 3.10. The minimum atomic E-state index is 1.12. The van der Waals surface area contributed by atoms with Gasteiger partial charge in [0.15, 0.2) is 0 Å². The molecule has 0 saturated carbocycles. The highest BCUT2D eigenvalue weighted by Gasteiger charge is 2.11. The van der Waals surface area contributed by atoms with Crippen molar-refractivity contribution in [1.29, 1.82) is 0 Å². The molecule has 24 heavy (non-hydrogen) atoms. The van der Waals surface area contributed by atoms with E-state index in [0.29, 0.717) is 0 Å². The third kappa shape index (κ3) is 2.75. The standard InChI is InChI=1S/C24H17/c1-3-11-19(12-4-1)21-15-7-9-17-23(21)24-18-10-8-16-22(24)20-13-5-2-6-14-20/h1-13,15-18H. The first-order chi connectivity index (χ1) is 11.9. The molecule has 0 aromatic heterocycles. The molecule has 0 aliphatic carbocycles. The molecule has 0 aliphatic heterocycles. The highest BCUT2D eigenvalue weighted by molar-refractivity contribution is 5.91. The predicted octanol–water partition coefficient (Wildman–Crippen LogP) is 6.49. The molecule has 0 heteroatoms. The Hall–Kier alpha value is -3.12. The van der Waals surface area contributed by atoms with Gasteiger partial charge in [-0.1, -0.05) is 103 Å².